The van der Waals surface area contributed by atoms with Crippen molar-refractivity contribution in [3.05, 3.63) is 15.8 Å². The summed E-state index contributed by atoms with van der Waals surface area (Å²) in [7, 11) is 0. The van der Waals surface area contributed by atoms with Gasteiger partial charge in [-0.2, -0.15) is 8.78 Å². The maximum absolute atomic E-state index is 12.4. The third kappa shape index (κ3) is 4.86. The molecule has 130 valence electrons. The van der Waals surface area contributed by atoms with Crippen LogP contribution in [0.25, 0.3) is 0 Å². The van der Waals surface area contributed by atoms with Crippen molar-refractivity contribution in [2.45, 2.75) is 39.5 Å². The average Bonchev–Trinajstić information content (AvgIpc) is 2.84. The fourth-order valence-corrected chi connectivity index (χ4v) is 3.53. The van der Waals surface area contributed by atoms with Crippen molar-refractivity contribution in [3.63, 3.8) is 0 Å². The Morgan fingerprint density at radius 2 is 2.35 bits per heavy atom. The first kappa shape index (κ1) is 18.1. The van der Waals surface area contributed by atoms with E-state index in [-0.39, 0.29) is 28.6 Å². The monoisotopic (exact) mass is 348 g/mol. The van der Waals surface area contributed by atoms with Crippen LogP contribution in [-0.2, 0) is 4.74 Å². The normalized spacial score (nSPS) is 20.5. The molecule has 0 aliphatic carbocycles. The zero-order valence-corrected chi connectivity index (χ0v) is 14.3. The summed E-state index contributed by atoms with van der Waals surface area (Å²) in [5.74, 6) is -0.445. The fourth-order valence-electron chi connectivity index (χ4n) is 2.67. The van der Waals surface area contributed by atoms with E-state index in [4.69, 9.17) is 4.74 Å². The van der Waals surface area contributed by atoms with Crippen LogP contribution in [0.3, 0.4) is 0 Å². The van der Waals surface area contributed by atoms with Gasteiger partial charge in [0.1, 0.15) is 10.6 Å². The van der Waals surface area contributed by atoms with E-state index in [0.29, 0.717) is 19.8 Å². The Kier molecular flexibility index (Phi) is 6.32. The first-order valence-electron chi connectivity index (χ1n) is 7.55. The Labute approximate surface area is 138 Å². The highest BCUT2D eigenvalue weighted by Gasteiger charge is 2.25. The van der Waals surface area contributed by atoms with Gasteiger partial charge in [0.15, 0.2) is 0 Å². The van der Waals surface area contributed by atoms with Crippen molar-refractivity contribution in [1.29, 1.82) is 0 Å². The minimum Gasteiger partial charge on any atom is -0.433 e. The molecule has 1 saturated heterocycles. The highest BCUT2D eigenvalue weighted by molar-refractivity contribution is 7.14. The molecule has 1 aliphatic rings. The molecule has 8 heteroatoms. The summed E-state index contributed by atoms with van der Waals surface area (Å²) in [5, 5.41) is 2.81. The summed E-state index contributed by atoms with van der Waals surface area (Å²) < 4.78 is 34.6. The van der Waals surface area contributed by atoms with Gasteiger partial charge in [-0.3, -0.25) is 9.69 Å². The number of hydrogen-bond acceptors (Lipinski definition) is 5. The molecule has 1 fully saturated rings. The lowest BCUT2D eigenvalue weighted by molar-refractivity contribution is -0.0498. The van der Waals surface area contributed by atoms with E-state index in [1.807, 2.05) is 6.92 Å². The van der Waals surface area contributed by atoms with E-state index in [1.165, 1.54) is 6.07 Å². The van der Waals surface area contributed by atoms with E-state index >= 15 is 0 Å². The van der Waals surface area contributed by atoms with Gasteiger partial charge in [-0.1, -0.05) is 0 Å². The van der Waals surface area contributed by atoms with Gasteiger partial charge in [0.25, 0.3) is 5.91 Å². The molecule has 0 bridgehead atoms. The lowest BCUT2D eigenvalue weighted by atomic mass is 10.2. The van der Waals surface area contributed by atoms with Crippen LogP contribution < -0.4 is 10.1 Å². The first-order chi connectivity index (χ1) is 10.9. The van der Waals surface area contributed by atoms with Crippen LogP contribution in [0.4, 0.5) is 8.78 Å². The number of rotatable bonds is 6. The van der Waals surface area contributed by atoms with Crippen LogP contribution in [0.5, 0.6) is 5.75 Å². The van der Waals surface area contributed by atoms with Gasteiger partial charge in [-0.05, 0) is 26.8 Å². The van der Waals surface area contributed by atoms with Crippen LogP contribution in [0.1, 0.15) is 28.4 Å². The fraction of sp³-hybridized carbons (Fsp3) is 0.667. The van der Waals surface area contributed by atoms with E-state index < -0.39 is 6.61 Å². The lowest BCUT2D eigenvalue weighted by Crippen LogP contribution is -2.51. The minimum atomic E-state index is -2.94. The Bertz CT molecular complexity index is 539. The van der Waals surface area contributed by atoms with Gasteiger partial charge in [0.05, 0.1) is 13.2 Å². The second-order valence-electron chi connectivity index (χ2n) is 5.65. The number of amides is 1. The number of thiophene rings is 1. The molecule has 23 heavy (non-hydrogen) atoms. The predicted molar refractivity (Wildman–Crippen MR) is 84.5 cm³/mol. The Morgan fingerprint density at radius 1 is 1.61 bits per heavy atom. The van der Waals surface area contributed by atoms with Crippen molar-refractivity contribution in [1.82, 2.24) is 10.2 Å². The number of nitrogens with zero attached hydrogens (tertiary/aromatic N) is 1. The lowest BCUT2D eigenvalue weighted by Gasteiger charge is -2.37. The average molecular weight is 348 g/mol. The van der Waals surface area contributed by atoms with Crippen LogP contribution in [-0.4, -0.2) is 55.8 Å². The number of hydrogen-bond donors (Lipinski definition) is 1. The molecule has 0 spiro atoms. The summed E-state index contributed by atoms with van der Waals surface area (Å²) in [5.41, 5.74) is 0. The molecular formula is C15H22F2N2O3S. The maximum Gasteiger partial charge on any atom is 0.387 e. The SMILES string of the molecule is Cc1cc(OC(F)F)c(C(=O)NC[C@H](C)N2CCOC[C@@H]2C)s1. The highest BCUT2D eigenvalue weighted by Crippen LogP contribution is 2.30. The topological polar surface area (TPSA) is 50.8 Å². The van der Waals surface area contributed by atoms with E-state index in [9.17, 15) is 13.6 Å². The van der Waals surface area contributed by atoms with Crippen molar-refractivity contribution in [3.8, 4) is 5.75 Å². The van der Waals surface area contributed by atoms with Gasteiger partial charge >= 0.3 is 6.61 Å². The standard InChI is InChI=1S/C15H22F2N2O3S/c1-9(19-4-5-21-8-10(19)2)7-18-14(20)13-12(22-15(16)17)6-11(3)23-13/h6,9-10,15H,4-5,7-8H2,1-3H3,(H,18,20)/t9-,10-/m0/s1. The van der Waals surface area contributed by atoms with Crippen LogP contribution in [0, 0.1) is 6.92 Å². The molecule has 1 aromatic rings. The summed E-state index contributed by atoms with van der Waals surface area (Å²) in [6, 6.07) is 1.88. The number of aryl methyl sites for hydroxylation is 1. The van der Waals surface area contributed by atoms with Gasteiger partial charge in [-0.15, -0.1) is 11.3 Å². The van der Waals surface area contributed by atoms with E-state index in [2.05, 4.69) is 21.9 Å². The molecule has 0 radical (unpaired) electrons. The smallest absolute Gasteiger partial charge is 0.387 e. The molecule has 5 nitrogen and oxygen atoms in total. The molecule has 0 saturated carbocycles. The van der Waals surface area contributed by atoms with Crippen LogP contribution in [0.15, 0.2) is 6.07 Å². The number of morpholine rings is 1. The predicted octanol–water partition coefficient (Wildman–Crippen LogP) is 2.50. The van der Waals surface area contributed by atoms with Crippen LogP contribution in [0.2, 0.25) is 0 Å². The van der Waals surface area contributed by atoms with Crippen molar-refractivity contribution in [2.24, 2.45) is 0 Å². The summed E-state index contributed by atoms with van der Waals surface area (Å²) >= 11 is 1.15. The number of halogens is 2. The summed E-state index contributed by atoms with van der Waals surface area (Å²) in [6.07, 6.45) is 0. The number of carbonyl (C=O) groups is 1. The summed E-state index contributed by atoms with van der Waals surface area (Å²) in [6.45, 7) is 5.52. The molecule has 0 unspecified atom stereocenters. The molecule has 1 amide bonds. The van der Waals surface area contributed by atoms with Gasteiger partial charge in [0.2, 0.25) is 0 Å². The molecule has 2 heterocycles. The zero-order valence-electron chi connectivity index (χ0n) is 13.5. The van der Waals surface area contributed by atoms with E-state index in [0.717, 1.165) is 22.8 Å². The number of ether oxygens (including phenoxy) is 2. The molecule has 2 rings (SSSR count). The Hall–Kier alpha value is -1.25. The highest BCUT2D eigenvalue weighted by atomic mass is 32.1. The zero-order chi connectivity index (χ0) is 17.0. The number of carbonyl (C=O) groups excluding carboxylic acids is 1. The quantitative estimate of drug-likeness (QED) is 0.858. The van der Waals surface area contributed by atoms with Gasteiger partial charge in [0, 0.05) is 30.1 Å². The third-order valence-electron chi connectivity index (χ3n) is 3.79. The Balaban J connectivity index is 1.94. The van der Waals surface area contributed by atoms with E-state index in [1.54, 1.807) is 6.92 Å². The Morgan fingerprint density at radius 3 is 3.00 bits per heavy atom. The van der Waals surface area contributed by atoms with Crippen LogP contribution >= 0.6 is 11.3 Å². The molecule has 1 aromatic heterocycles. The number of alkyl halides is 2. The summed E-state index contributed by atoms with van der Waals surface area (Å²) in [4.78, 5) is 15.5. The first-order valence-corrected chi connectivity index (χ1v) is 8.37. The second-order valence-corrected chi connectivity index (χ2v) is 6.91. The van der Waals surface area contributed by atoms with Crippen molar-refractivity contribution in [2.75, 3.05) is 26.3 Å². The molecule has 0 aromatic carbocycles. The van der Waals surface area contributed by atoms with Gasteiger partial charge < -0.3 is 14.8 Å². The molecular weight excluding hydrogens is 326 g/mol. The van der Waals surface area contributed by atoms with Gasteiger partial charge in [-0.25, -0.2) is 0 Å². The van der Waals surface area contributed by atoms with Crippen molar-refractivity contribution < 1.29 is 23.0 Å². The number of nitrogens with one attached hydrogen (secondary N) is 1. The second kappa shape index (κ2) is 8.03. The molecule has 2 atom stereocenters. The molecule has 1 aliphatic heterocycles. The van der Waals surface area contributed by atoms with Crippen molar-refractivity contribution >= 4 is 17.2 Å². The minimum absolute atomic E-state index is 0.0626. The molecule has 1 N–H and O–H groups in total. The largest absolute Gasteiger partial charge is 0.433 e. The third-order valence-corrected chi connectivity index (χ3v) is 4.82. The maximum atomic E-state index is 12.4.